The van der Waals surface area contributed by atoms with Gasteiger partial charge >= 0.3 is 0 Å². The van der Waals surface area contributed by atoms with Crippen molar-refractivity contribution in [2.45, 2.75) is 39.0 Å². The molecule has 5 nitrogen and oxygen atoms in total. The Kier molecular flexibility index (Phi) is 7.73. The molecule has 1 heterocycles. The zero-order valence-corrected chi connectivity index (χ0v) is 22.1. The van der Waals surface area contributed by atoms with E-state index in [0.29, 0.717) is 17.9 Å². The van der Waals surface area contributed by atoms with E-state index >= 15 is 0 Å². The maximum absolute atomic E-state index is 13.7. The van der Waals surface area contributed by atoms with Gasteiger partial charge < -0.3 is 15.0 Å². The zero-order chi connectivity index (χ0) is 27.4. The first-order chi connectivity index (χ1) is 18.9. The van der Waals surface area contributed by atoms with Gasteiger partial charge in [0.2, 0.25) is 0 Å². The smallest absolute Gasteiger partial charge is 0.261 e. The highest BCUT2D eigenvalue weighted by Gasteiger charge is 2.33. The molecule has 0 aromatic heterocycles. The van der Waals surface area contributed by atoms with Crippen molar-refractivity contribution in [3.8, 4) is 5.75 Å². The monoisotopic (exact) mass is 522 g/mol. The number of nitrogens with one attached hydrogen (secondary N) is 1. The number of amides is 2. The molecular formula is C33H31FN2O3. The highest BCUT2D eigenvalue weighted by molar-refractivity contribution is 5.95. The van der Waals surface area contributed by atoms with Gasteiger partial charge in [-0.05, 0) is 78.9 Å². The third-order valence-electron chi connectivity index (χ3n) is 7.05. The summed E-state index contributed by atoms with van der Waals surface area (Å²) in [6, 6.07) is 29.2. The van der Waals surface area contributed by atoms with Crippen LogP contribution in [-0.4, -0.2) is 29.4 Å². The van der Waals surface area contributed by atoms with Crippen LogP contribution in [0.4, 0.5) is 4.39 Å². The first kappa shape index (κ1) is 26.2. The fourth-order valence-corrected chi connectivity index (χ4v) is 5.02. The van der Waals surface area contributed by atoms with Gasteiger partial charge in [0.1, 0.15) is 11.6 Å². The molecule has 1 aliphatic heterocycles. The van der Waals surface area contributed by atoms with Crippen LogP contribution in [0, 0.1) is 12.7 Å². The van der Waals surface area contributed by atoms with Crippen molar-refractivity contribution < 1.29 is 18.7 Å². The molecule has 1 N–H and O–H groups in total. The molecule has 198 valence electrons. The van der Waals surface area contributed by atoms with Crippen LogP contribution in [0.25, 0.3) is 0 Å². The Morgan fingerprint density at radius 1 is 0.974 bits per heavy atom. The van der Waals surface area contributed by atoms with E-state index < -0.39 is 6.10 Å². The molecule has 39 heavy (non-hydrogen) atoms. The predicted molar refractivity (Wildman–Crippen MR) is 149 cm³/mol. The van der Waals surface area contributed by atoms with Crippen LogP contribution in [0.1, 0.15) is 51.1 Å². The van der Waals surface area contributed by atoms with E-state index in [1.54, 1.807) is 19.1 Å². The first-order valence-corrected chi connectivity index (χ1v) is 13.1. The molecule has 5 rings (SSSR count). The van der Waals surface area contributed by atoms with Gasteiger partial charge in [0, 0.05) is 18.7 Å². The van der Waals surface area contributed by atoms with Crippen molar-refractivity contribution in [1.82, 2.24) is 10.2 Å². The van der Waals surface area contributed by atoms with Gasteiger partial charge in [-0.1, -0.05) is 66.2 Å². The normalized spacial score (nSPS) is 15.3. The minimum Gasteiger partial charge on any atom is -0.481 e. The van der Waals surface area contributed by atoms with E-state index in [1.165, 1.54) is 12.1 Å². The van der Waals surface area contributed by atoms with Crippen molar-refractivity contribution >= 4 is 11.8 Å². The van der Waals surface area contributed by atoms with Gasteiger partial charge in [0.25, 0.3) is 11.8 Å². The summed E-state index contributed by atoms with van der Waals surface area (Å²) in [5, 5.41) is 2.84. The number of aryl methyl sites for hydroxylation is 1. The molecule has 0 bridgehead atoms. The fourth-order valence-electron chi connectivity index (χ4n) is 5.02. The average Bonchev–Trinajstić information content (AvgIpc) is 2.96. The number of fused-ring (bicyclic) bond motifs is 1. The molecule has 1 aliphatic rings. The number of halogens is 1. The Labute approximate surface area is 228 Å². The van der Waals surface area contributed by atoms with Crippen molar-refractivity contribution in [3.05, 3.63) is 136 Å². The van der Waals surface area contributed by atoms with E-state index in [-0.39, 0.29) is 30.2 Å². The van der Waals surface area contributed by atoms with Crippen LogP contribution in [0.2, 0.25) is 0 Å². The second-order valence-electron chi connectivity index (χ2n) is 9.90. The lowest BCUT2D eigenvalue weighted by Crippen LogP contribution is -2.40. The van der Waals surface area contributed by atoms with Crippen molar-refractivity contribution in [2.75, 3.05) is 6.54 Å². The molecule has 0 saturated carbocycles. The van der Waals surface area contributed by atoms with Crippen LogP contribution in [0.3, 0.4) is 0 Å². The summed E-state index contributed by atoms with van der Waals surface area (Å²) in [5.74, 6) is -0.0483. The average molecular weight is 523 g/mol. The number of hydrogen-bond donors (Lipinski definition) is 1. The molecule has 6 heteroatoms. The fraction of sp³-hybridized carbons (Fsp3) is 0.212. The number of rotatable bonds is 7. The second kappa shape index (κ2) is 11.5. The van der Waals surface area contributed by atoms with E-state index in [4.69, 9.17) is 4.74 Å². The lowest BCUT2D eigenvalue weighted by Gasteiger charge is -2.38. The SMILES string of the molecule is Cc1cccc([C@@H]2c3cc(O[C@H](C)C(=O)NCc4ccc(F)cc4)ccc3CCN2C(=O)c2ccccc2)c1. The second-order valence-corrected chi connectivity index (χ2v) is 9.90. The maximum Gasteiger partial charge on any atom is 0.261 e. The third-order valence-corrected chi connectivity index (χ3v) is 7.05. The molecule has 0 aliphatic carbocycles. The number of benzene rings is 4. The zero-order valence-electron chi connectivity index (χ0n) is 22.1. The van der Waals surface area contributed by atoms with E-state index in [0.717, 1.165) is 34.2 Å². The Bertz CT molecular complexity index is 1470. The molecule has 2 amide bonds. The van der Waals surface area contributed by atoms with Gasteiger partial charge in [-0.3, -0.25) is 9.59 Å². The number of hydrogen-bond acceptors (Lipinski definition) is 3. The number of ether oxygens (including phenoxy) is 1. The summed E-state index contributed by atoms with van der Waals surface area (Å²) in [4.78, 5) is 28.3. The summed E-state index contributed by atoms with van der Waals surface area (Å²) in [5.41, 5.74) is 5.74. The van der Waals surface area contributed by atoms with Gasteiger partial charge in [-0.25, -0.2) is 4.39 Å². The van der Waals surface area contributed by atoms with Gasteiger partial charge in [-0.15, -0.1) is 0 Å². The van der Waals surface area contributed by atoms with Crippen LogP contribution in [0.5, 0.6) is 5.75 Å². The Morgan fingerprint density at radius 2 is 1.74 bits per heavy atom. The molecule has 0 fully saturated rings. The highest BCUT2D eigenvalue weighted by Crippen LogP contribution is 2.38. The Balaban J connectivity index is 1.39. The summed E-state index contributed by atoms with van der Waals surface area (Å²) in [6.45, 7) is 4.62. The van der Waals surface area contributed by atoms with Crippen LogP contribution < -0.4 is 10.1 Å². The number of nitrogens with zero attached hydrogens (tertiary/aromatic N) is 1. The van der Waals surface area contributed by atoms with Gasteiger partial charge in [-0.2, -0.15) is 0 Å². The molecule has 2 atom stereocenters. The lowest BCUT2D eigenvalue weighted by molar-refractivity contribution is -0.127. The van der Waals surface area contributed by atoms with Crippen LogP contribution in [-0.2, 0) is 17.8 Å². The maximum atomic E-state index is 13.7. The van der Waals surface area contributed by atoms with Crippen molar-refractivity contribution in [3.63, 3.8) is 0 Å². The topological polar surface area (TPSA) is 58.6 Å². The van der Waals surface area contributed by atoms with E-state index in [9.17, 15) is 14.0 Å². The number of carbonyl (C=O) groups excluding carboxylic acids is 2. The Morgan fingerprint density at radius 3 is 2.49 bits per heavy atom. The molecule has 0 saturated heterocycles. The minimum absolute atomic E-state index is 0.0207. The van der Waals surface area contributed by atoms with Crippen molar-refractivity contribution in [2.24, 2.45) is 0 Å². The van der Waals surface area contributed by atoms with Crippen LogP contribution in [0.15, 0.2) is 97.1 Å². The van der Waals surface area contributed by atoms with Crippen LogP contribution >= 0.6 is 0 Å². The summed E-state index contributed by atoms with van der Waals surface area (Å²) >= 11 is 0. The lowest BCUT2D eigenvalue weighted by atomic mass is 9.87. The largest absolute Gasteiger partial charge is 0.481 e. The molecule has 4 aromatic carbocycles. The third kappa shape index (κ3) is 6.01. The standard InChI is InChI=1S/C33H31FN2O3/c1-22-7-6-10-27(19-22)31-30-20-29(39-23(2)32(37)35-21-24-11-14-28(34)15-12-24)16-13-25(30)17-18-36(31)33(38)26-8-4-3-5-9-26/h3-16,19-20,23,31H,17-18,21H2,1-2H3,(H,35,37)/t23-,31-/m1/s1. The predicted octanol–water partition coefficient (Wildman–Crippen LogP) is 6.01. The van der Waals surface area contributed by atoms with E-state index in [1.807, 2.05) is 72.5 Å². The summed E-state index contributed by atoms with van der Waals surface area (Å²) in [7, 11) is 0. The molecule has 0 spiro atoms. The van der Waals surface area contributed by atoms with E-state index in [2.05, 4.69) is 17.4 Å². The molecule has 0 unspecified atom stereocenters. The summed E-state index contributed by atoms with van der Waals surface area (Å²) in [6.07, 6.45) is -0.0175. The van der Waals surface area contributed by atoms with Gasteiger partial charge in [0.15, 0.2) is 6.10 Å². The summed E-state index contributed by atoms with van der Waals surface area (Å²) < 4.78 is 19.2. The molecular weight excluding hydrogens is 491 g/mol. The Hall–Kier alpha value is -4.45. The first-order valence-electron chi connectivity index (χ1n) is 13.1. The minimum atomic E-state index is -0.744. The highest BCUT2D eigenvalue weighted by atomic mass is 19.1. The van der Waals surface area contributed by atoms with Crippen molar-refractivity contribution in [1.29, 1.82) is 0 Å². The quantitative estimate of drug-likeness (QED) is 0.324. The molecule has 4 aromatic rings. The number of carbonyl (C=O) groups is 2. The van der Waals surface area contributed by atoms with Gasteiger partial charge in [0.05, 0.1) is 6.04 Å². The molecule has 0 radical (unpaired) electrons.